The summed E-state index contributed by atoms with van der Waals surface area (Å²) < 4.78 is 22.3. The molecule has 0 saturated carbocycles. The van der Waals surface area contributed by atoms with Gasteiger partial charge in [0.1, 0.15) is 17.9 Å². The normalized spacial score (nSPS) is 12.7. The van der Waals surface area contributed by atoms with E-state index in [1.807, 2.05) is 28.8 Å². The Labute approximate surface area is 156 Å². The summed E-state index contributed by atoms with van der Waals surface area (Å²) in [6.45, 7) is 2.64. The Morgan fingerprint density at radius 1 is 1.30 bits per heavy atom. The minimum absolute atomic E-state index is 0.180. The zero-order valence-corrected chi connectivity index (χ0v) is 15.5. The number of nitrogens with one attached hydrogen (secondary N) is 1. The van der Waals surface area contributed by atoms with E-state index in [4.69, 9.17) is 18.9 Å². The molecule has 0 unspecified atom stereocenters. The summed E-state index contributed by atoms with van der Waals surface area (Å²) in [5.74, 6) is 0.871. The average molecular weight is 374 g/mol. The molecule has 1 aliphatic rings. The monoisotopic (exact) mass is 374 g/mol. The lowest BCUT2D eigenvalue weighted by molar-refractivity contribution is -0.0965. The van der Waals surface area contributed by atoms with Gasteiger partial charge in [0.25, 0.3) is 0 Å². The van der Waals surface area contributed by atoms with Crippen molar-refractivity contribution in [3.63, 3.8) is 0 Å². The number of amidine groups is 1. The Hall–Kier alpha value is -2.91. The van der Waals surface area contributed by atoms with Crippen molar-refractivity contribution >= 4 is 12.0 Å². The smallest absolute Gasteiger partial charge is 0.434 e. The molecule has 3 rings (SSSR count). The molecule has 2 heterocycles. The molecule has 144 valence electrons. The van der Waals surface area contributed by atoms with Crippen molar-refractivity contribution < 1.29 is 23.7 Å². The number of fused-ring (bicyclic) bond motifs is 3. The first-order valence-corrected chi connectivity index (χ1v) is 8.52. The van der Waals surface area contributed by atoms with E-state index in [0.29, 0.717) is 18.1 Å². The summed E-state index contributed by atoms with van der Waals surface area (Å²) >= 11 is 0. The molecular weight excluding hydrogens is 352 g/mol. The van der Waals surface area contributed by atoms with Crippen molar-refractivity contribution in [3.8, 4) is 11.6 Å². The van der Waals surface area contributed by atoms with Gasteiger partial charge in [0.2, 0.25) is 5.88 Å². The van der Waals surface area contributed by atoms with Crippen LogP contribution in [0.15, 0.2) is 35.6 Å². The van der Waals surface area contributed by atoms with Gasteiger partial charge in [-0.3, -0.25) is 9.56 Å². The number of hydrogen-bond donors (Lipinski definition) is 1. The molecular formula is C18H22N4O5. The Kier molecular flexibility index (Phi) is 6.05. The summed E-state index contributed by atoms with van der Waals surface area (Å²) in [4.78, 5) is 20.5. The zero-order chi connectivity index (χ0) is 19.2. The number of methoxy groups -OCH3 is 2. The average Bonchev–Trinajstić information content (AvgIpc) is 2.99. The van der Waals surface area contributed by atoms with Gasteiger partial charge in [0.15, 0.2) is 6.29 Å². The highest BCUT2D eigenvalue weighted by molar-refractivity contribution is 6.02. The fourth-order valence-corrected chi connectivity index (χ4v) is 2.74. The summed E-state index contributed by atoms with van der Waals surface area (Å²) in [6, 6.07) is 7.75. The predicted molar refractivity (Wildman–Crippen MR) is 97.3 cm³/mol. The third-order valence-corrected chi connectivity index (χ3v) is 4.04. The molecule has 9 heteroatoms. The van der Waals surface area contributed by atoms with Crippen LogP contribution in [-0.4, -0.2) is 55.2 Å². The predicted octanol–water partition coefficient (Wildman–Crippen LogP) is 1.88. The Bertz CT molecular complexity index is 829. The molecule has 0 fully saturated rings. The minimum atomic E-state index is -0.790. The molecule has 1 aromatic heterocycles. The zero-order valence-electron chi connectivity index (χ0n) is 15.5. The number of aliphatic imine (C=N–C) groups is 1. The van der Waals surface area contributed by atoms with E-state index < -0.39 is 12.4 Å². The SMILES string of the molecule is CCOC(=O)Oc1ncn2c1CN=C(NCC(OC)OC)c1ccccc1-2. The highest BCUT2D eigenvalue weighted by Gasteiger charge is 2.23. The van der Waals surface area contributed by atoms with Gasteiger partial charge in [0.05, 0.1) is 25.4 Å². The number of imidazole rings is 1. The van der Waals surface area contributed by atoms with Gasteiger partial charge < -0.3 is 24.3 Å². The second-order valence-corrected chi connectivity index (χ2v) is 5.62. The van der Waals surface area contributed by atoms with Gasteiger partial charge in [-0.25, -0.2) is 9.78 Å². The van der Waals surface area contributed by atoms with Crippen molar-refractivity contribution in [2.75, 3.05) is 27.4 Å². The van der Waals surface area contributed by atoms with E-state index in [1.165, 1.54) is 0 Å². The molecule has 1 aliphatic heterocycles. The fourth-order valence-electron chi connectivity index (χ4n) is 2.74. The van der Waals surface area contributed by atoms with E-state index in [2.05, 4.69) is 15.3 Å². The summed E-state index contributed by atoms with van der Waals surface area (Å²) in [7, 11) is 3.16. The lowest BCUT2D eigenvalue weighted by Crippen LogP contribution is -2.35. The van der Waals surface area contributed by atoms with E-state index >= 15 is 0 Å². The molecule has 27 heavy (non-hydrogen) atoms. The lowest BCUT2D eigenvalue weighted by atomic mass is 10.1. The van der Waals surface area contributed by atoms with Crippen molar-refractivity contribution in [1.29, 1.82) is 0 Å². The molecule has 0 radical (unpaired) electrons. The Balaban J connectivity index is 1.91. The second-order valence-electron chi connectivity index (χ2n) is 5.62. The molecule has 0 amide bonds. The summed E-state index contributed by atoms with van der Waals surface area (Å²) in [5.41, 5.74) is 2.42. The molecule has 2 aromatic rings. The van der Waals surface area contributed by atoms with Gasteiger partial charge in [-0.2, -0.15) is 0 Å². The summed E-state index contributed by atoms with van der Waals surface area (Å²) in [5, 5.41) is 3.26. The molecule has 0 aliphatic carbocycles. The summed E-state index contributed by atoms with van der Waals surface area (Å²) in [6.07, 6.45) is 0.419. The topological polar surface area (TPSA) is 96.2 Å². The number of nitrogens with zero attached hydrogens (tertiary/aromatic N) is 3. The van der Waals surface area contributed by atoms with Crippen LogP contribution in [-0.2, 0) is 20.8 Å². The van der Waals surface area contributed by atoms with Crippen LogP contribution in [0, 0.1) is 0 Å². The molecule has 9 nitrogen and oxygen atoms in total. The van der Waals surface area contributed by atoms with Crippen LogP contribution in [0.4, 0.5) is 4.79 Å². The fraction of sp³-hybridized carbons (Fsp3) is 0.389. The van der Waals surface area contributed by atoms with E-state index in [9.17, 15) is 4.79 Å². The molecule has 0 saturated heterocycles. The highest BCUT2D eigenvalue weighted by Crippen LogP contribution is 2.27. The number of rotatable bonds is 6. The van der Waals surface area contributed by atoms with Gasteiger partial charge in [-0.15, -0.1) is 0 Å². The quantitative estimate of drug-likeness (QED) is 0.609. The number of ether oxygens (including phenoxy) is 4. The van der Waals surface area contributed by atoms with Crippen LogP contribution in [0.3, 0.4) is 0 Å². The van der Waals surface area contributed by atoms with Crippen molar-refractivity contribution in [2.45, 2.75) is 19.8 Å². The minimum Gasteiger partial charge on any atom is -0.434 e. The second kappa shape index (κ2) is 8.65. The van der Waals surface area contributed by atoms with Crippen LogP contribution < -0.4 is 10.1 Å². The molecule has 1 aromatic carbocycles. The van der Waals surface area contributed by atoms with Crippen LogP contribution in [0.25, 0.3) is 5.69 Å². The van der Waals surface area contributed by atoms with Gasteiger partial charge >= 0.3 is 6.16 Å². The molecule has 1 N–H and O–H groups in total. The number of carbonyl (C=O) groups excluding carboxylic acids is 1. The molecule has 0 spiro atoms. The maximum Gasteiger partial charge on any atom is 0.515 e. The Morgan fingerprint density at radius 2 is 2.07 bits per heavy atom. The van der Waals surface area contributed by atoms with Crippen molar-refractivity contribution in [2.24, 2.45) is 4.99 Å². The number of hydrogen-bond acceptors (Lipinski definition) is 8. The number of carbonyl (C=O) groups is 1. The number of para-hydroxylation sites is 1. The standard InChI is InChI=1S/C18H22N4O5/c1-4-26-18(23)27-17-14-9-19-16(20-10-15(24-2)25-3)12-7-5-6-8-13(12)22(14)11-21-17/h5-8,11,15H,4,9-10H2,1-3H3,(H,19,20). The lowest BCUT2D eigenvalue weighted by Gasteiger charge is -2.17. The maximum atomic E-state index is 11.7. The first-order chi connectivity index (χ1) is 13.2. The van der Waals surface area contributed by atoms with Gasteiger partial charge in [0, 0.05) is 19.8 Å². The van der Waals surface area contributed by atoms with Gasteiger partial charge in [-0.05, 0) is 19.1 Å². The van der Waals surface area contributed by atoms with E-state index in [-0.39, 0.29) is 19.0 Å². The van der Waals surface area contributed by atoms with E-state index in [1.54, 1.807) is 27.5 Å². The largest absolute Gasteiger partial charge is 0.515 e. The van der Waals surface area contributed by atoms with Crippen LogP contribution in [0.5, 0.6) is 5.88 Å². The molecule has 0 bridgehead atoms. The van der Waals surface area contributed by atoms with Crippen molar-refractivity contribution in [3.05, 3.63) is 41.9 Å². The van der Waals surface area contributed by atoms with E-state index in [0.717, 1.165) is 11.3 Å². The van der Waals surface area contributed by atoms with Gasteiger partial charge in [-0.1, -0.05) is 12.1 Å². The first kappa shape index (κ1) is 18.9. The third-order valence-electron chi connectivity index (χ3n) is 4.04. The van der Waals surface area contributed by atoms with Crippen LogP contribution in [0.1, 0.15) is 18.2 Å². The molecule has 0 atom stereocenters. The number of benzene rings is 1. The maximum absolute atomic E-state index is 11.7. The third kappa shape index (κ3) is 4.09. The Morgan fingerprint density at radius 3 is 2.81 bits per heavy atom. The van der Waals surface area contributed by atoms with Crippen molar-refractivity contribution in [1.82, 2.24) is 14.9 Å². The van der Waals surface area contributed by atoms with Crippen LogP contribution >= 0.6 is 0 Å². The first-order valence-electron chi connectivity index (χ1n) is 8.52. The number of aromatic nitrogens is 2. The van der Waals surface area contributed by atoms with Crippen LogP contribution in [0.2, 0.25) is 0 Å². The highest BCUT2D eigenvalue weighted by atomic mass is 16.7.